The summed E-state index contributed by atoms with van der Waals surface area (Å²) >= 11 is 2.94. The molecule has 0 spiro atoms. The zero-order chi connectivity index (χ0) is 17.8. The zero-order valence-corrected chi connectivity index (χ0v) is 12.3. The van der Waals surface area contributed by atoms with E-state index in [9.17, 15) is 0 Å². The van der Waals surface area contributed by atoms with Crippen LogP contribution in [0.25, 0.3) is 0 Å². The number of ether oxygens (including phenoxy) is 1. The van der Waals surface area contributed by atoms with Gasteiger partial charge in [-0.2, -0.15) is 0 Å². The van der Waals surface area contributed by atoms with Crippen LogP contribution in [0.1, 0.15) is 25.7 Å². The molecule has 0 amide bonds. The van der Waals surface area contributed by atoms with E-state index in [2.05, 4.69) is 55.7 Å². The molecule has 0 N–H and O–H groups in total. The molecule has 21 heavy (non-hydrogen) atoms. The van der Waals surface area contributed by atoms with Crippen LogP contribution in [0.15, 0.2) is 12.2 Å². The van der Waals surface area contributed by atoms with Gasteiger partial charge >= 0.3 is 132 Å². The van der Waals surface area contributed by atoms with Gasteiger partial charge in [-0.1, -0.05) is 0 Å². The van der Waals surface area contributed by atoms with Crippen molar-refractivity contribution in [3.05, 3.63) is 45.4 Å². The van der Waals surface area contributed by atoms with E-state index < -0.39 is 0 Å². The Hall–Kier alpha value is -1.20. The van der Waals surface area contributed by atoms with E-state index in [-0.39, 0.29) is 0 Å². The monoisotopic (exact) mass is 328 g/mol. The minimum absolute atomic E-state index is 0.451. The third kappa shape index (κ3) is 11.2. The molecule has 0 bridgehead atoms. The van der Waals surface area contributed by atoms with Gasteiger partial charge in [0, 0.05) is 0 Å². The van der Waals surface area contributed by atoms with Crippen LogP contribution in [0, 0.1) is 39.2 Å². The summed E-state index contributed by atoms with van der Waals surface area (Å²) in [5.74, 6) is 0.625. The van der Waals surface area contributed by atoms with Crippen molar-refractivity contribution in [2.45, 2.75) is 31.8 Å². The second kappa shape index (κ2) is 23.9. The second-order valence-corrected chi connectivity index (χ2v) is 3.94. The fourth-order valence-corrected chi connectivity index (χ4v) is 2.43. The standard InChI is InChI=1S/C9H12O.5CO.Cr/c1-7-6-10-9-5-3-2-4-8(7)9;5*1-2;/h8-9H,1-5H2;;;;;;/t8-,9+;;;;;;/m0....../s1. The van der Waals surface area contributed by atoms with Crippen molar-refractivity contribution in [2.24, 2.45) is 5.92 Å². The van der Waals surface area contributed by atoms with Crippen molar-refractivity contribution < 1.29 is 43.8 Å². The van der Waals surface area contributed by atoms with Crippen molar-refractivity contribution in [1.29, 1.82) is 0 Å². The molecule has 1 aliphatic carbocycles. The van der Waals surface area contributed by atoms with Crippen molar-refractivity contribution in [3.63, 3.8) is 0 Å². The Morgan fingerprint density at radius 1 is 0.857 bits per heavy atom. The molecule has 7 heteroatoms. The minimum atomic E-state index is 0.451. The predicted molar refractivity (Wildman–Crippen MR) is 60.6 cm³/mol. The van der Waals surface area contributed by atoms with Crippen LogP contribution in [-0.2, 0) is 43.8 Å². The fourth-order valence-electron chi connectivity index (χ4n) is 2.00. The maximum absolute atomic E-state index is 7.50. The molecule has 0 aromatic heterocycles. The predicted octanol–water partition coefficient (Wildman–Crippen LogP) is 1.62. The Balaban J connectivity index is -0.000000124. The molecular formula is C14H12CrO6. The average molecular weight is 328 g/mol. The normalized spacial score (nSPS) is 20.1. The second-order valence-electron chi connectivity index (χ2n) is 3.36. The third-order valence-corrected chi connectivity index (χ3v) is 3.23. The van der Waals surface area contributed by atoms with E-state index in [1.54, 1.807) is 0 Å². The third-order valence-electron chi connectivity index (χ3n) is 2.67. The number of rotatable bonds is 0. The summed E-state index contributed by atoms with van der Waals surface area (Å²) in [5.41, 5.74) is 1.20. The summed E-state index contributed by atoms with van der Waals surface area (Å²) in [4.78, 5) is 0. The Morgan fingerprint density at radius 3 is 1.62 bits per heavy atom. The molecule has 1 saturated carbocycles. The van der Waals surface area contributed by atoms with Crippen LogP contribution in [-0.4, -0.2) is 10.7 Å². The zero-order valence-electron chi connectivity index (χ0n) is 11.0. The molecule has 110 valence electrons. The molecule has 1 heterocycles. The molecule has 0 aromatic rings. The molecule has 0 radical (unpaired) electrons. The molecule has 1 aliphatic heterocycles. The summed E-state index contributed by atoms with van der Waals surface area (Å²) in [5, 5.41) is 0. The van der Waals surface area contributed by atoms with Gasteiger partial charge in [0.05, 0.1) is 0 Å². The molecular weight excluding hydrogens is 316 g/mol. The topological polar surface area (TPSA) is 109 Å². The number of fused-ring (bicyclic) bond motifs is 1. The summed E-state index contributed by atoms with van der Waals surface area (Å²) in [7, 11) is 0. The first-order valence-electron chi connectivity index (χ1n) is 5.21. The van der Waals surface area contributed by atoms with E-state index in [0.29, 0.717) is 12.0 Å². The van der Waals surface area contributed by atoms with Gasteiger partial charge < -0.3 is 0 Å². The van der Waals surface area contributed by atoms with Gasteiger partial charge in [-0.15, -0.1) is 0 Å². The van der Waals surface area contributed by atoms with Crippen molar-refractivity contribution in [1.82, 2.24) is 0 Å². The van der Waals surface area contributed by atoms with Crippen molar-refractivity contribution >= 4 is 4.57 Å². The Kier molecular flexibility index (Phi) is 31.9. The molecule has 2 fully saturated rings. The van der Waals surface area contributed by atoms with E-state index in [0.717, 1.165) is 4.57 Å². The van der Waals surface area contributed by atoms with E-state index in [4.69, 9.17) is 28.0 Å². The van der Waals surface area contributed by atoms with Crippen molar-refractivity contribution in [3.8, 4) is 0 Å². The van der Waals surface area contributed by atoms with Crippen LogP contribution >= 0.6 is 0 Å². The molecule has 0 unspecified atom stereocenters. The van der Waals surface area contributed by atoms with E-state index in [1.807, 2.05) is 0 Å². The molecule has 2 atom stereocenters. The van der Waals surface area contributed by atoms with Crippen LogP contribution in [0.2, 0.25) is 0 Å². The molecule has 6 nitrogen and oxygen atoms in total. The molecule has 0 aromatic carbocycles. The summed E-state index contributed by atoms with van der Waals surface area (Å²) in [6, 6.07) is 0. The van der Waals surface area contributed by atoms with Gasteiger partial charge in [-0.25, -0.2) is 0 Å². The average Bonchev–Trinajstić information content (AvgIpc) is 2.92. The first-order valence-corrected chi connectivity index (χ1v) is 5.84. The maximum atomic E-state index is 7.50. The summed E-state index contributed by atoms with van der Waals surface area (Å²) < 4.78 is 44.1. The van der Waals surface area contributed by atoms with E-state index in [1.165, 1.54) is 31.3 Å². The van der Waals surface area contributed by atoms with Crippen LogP contribution < -0.4 is 0 Å². The van der Waals surface area contributed by atoms with Crippen LogP contribution in [0.5, 0.6) is 0 Å². The van der Waals surface area contributed by atoms with Crippen molar-refractivity contribution in [2.75, 3.05) is 0 Å². The summed E-state index contributed by atoms with van der Waals surface area (Å²) in [6.45, 7) is 26.5. The van der Waals surface area contributed by atoms with Gasteiger partial charge in [0.15, 0.2) is 0 Å². The SMILES string of the molecule is C=C1[C](=[Cr])O[C@@H]2CCCC[C@@H]12.[C-]#[O+].[C-]#[O+].[C-]#[O+].[C-]#[O+].[C-]#[O+]. The first-order chi connectivity index (χ1) is 10.3. The first kappa shape index (κ1) is 28.0. The Bertz CT molecular complexity index is 356. The fraction of sp³-hybridized carbons (Fsp3) is 0.429. The van der Waals surface area contributed by atoms with Gasteiger partial charge in [0.25, 0.3) is 0 Å². The molecule has 2 rings (SSSR count). The van der Waals surface area contributed by atoms with Gasteiger partial charge in [0.2, 0.25) is 0 Å². The Labute approximate surface area is 132 Å². The van der Waals surface area contributed by atoms with Crippen LogP contribution in [0.3, 0.4) is 0 Å². The number of hydrogen-bond acceptors (Lipinski definition) is 1. The Morgan fingerprint density at radius 2 is 1.24 bits per heavy atom. The molecule has 1 saturated heterocycles. The quantitative estimate of drug-likeness (QED) is 0.489. The molecule has 2 aliphatic rings. The van der Waals surface area contributed by atoms with E-state index >= 15 is 0 Å². The summed E-state index contributed by atoms with van der Waals surface area (Å²) in [6.07, 6.45) is 5.61. The number of hydrogen-bond donors (Lipinski definition) is 0. The van der Waals surface area contributed by atoms with Gasteiger partial charge in [-0.3, -0.25) is 0 Å². The van der Waals surface area contributed by atoms with Gasteiger partial charge in [-0.05, 0) is 0 Å². The van der Waals surface area contributed by atoms with Crippen LogP contribution in [0.4, 0.5) is 0 Å². The van der Waals surface area contributed by atoms with Gasteiger partial charge in [0.1, 0.15) is 0 Å².